The molecule has 1 aliphatic rings. The molecule has 1 N–H and O–H groups in total. The molecule has 2 nitrogen and oxygen atoms in total. The Labute approximate surface area is 128 Å². The molecule has 0 atom stereocenters. The van der Waals surface area contributed by atoms with Crippen molar-refractivity contribution in [2.75, 3.05) is 0 Å². The summed E-state index contributed by atoms with van der Waals surface area (Å²) in [5.41, 5.74) is -5.08. The minimum atomic E-state index is -4.98. The Hall–Kier alpha value is -1.73. The van der Waals surface area contributed by atoms with Crippen LogP contribution < -0.4 is 0 Å². The average molecular weight is 340 g/mol. The summed E-state index contributed by atoms with van der Waals surface area (Å²) in [4.78, 5) is 11.6. The van der Waals surface area contributed by atoms with Gasteiger partial charge < -0.3 is 5.11 Å². The maximum atomic E-state index is 12.9. The van der Waals surface area contributed by atoms with Crippen LogP contribution in [-0.2, 0) is 22.6 Å². The van der Waals surface area contributed by atoms with Crippen molar-refractivity contribution in [1.82, 2.24) is 0 Å². The van der Waals surface area contributed by atoms with Crippen LogP contribution in [0.1, 0.15) is 48.8 Å². The van der Waals surface area contributed by atoms with Gasteiger partial charge in [0.15, 0.2) is 0 Å². The zero-order valence-corrected chi connectivity index (χ0v) is 11.9. The van der Waals surface area contributed by atoms with Gasteiger partial charge >= 0.3 is 18.3 Å². The molecular weight excluding hydrogens is 326 g/mol. The summed E-state index contributed by atoms with van der Waals surface area (Å²) in [5.74, 6) is -1.38. The van der Waals surface area contributed by atoms with Crippen LogP contribution in [0.4, 0.5) is 26.3 Å². The molecule has 1 aliphatic carbocycles. The predicted octanol–water partition coefficient (Wildman–Crippen LogP) is 5.01. The van der Waals surface area contributed by atoms with E-state index in [0.717, 1.165) is 0 Å². The standard InChI is InChI=1S/C15H14F6O2/c16-14(17,18)10-6-9(7-11(8-10)15(19,20)21)13(12(22)23)4-2-1-3-5-13/h6-8H,1-5H2,(H,22,23). The van der Waals surface area contributed by atoms with Crippen LogP contribution in [-0.4, -0.2) is 11.1 Å². The van der Waals surface area contributed by atoms with Crippen LogP contribution in [0.25, 0.3) is 0 Å². The summed E-state index contributed by atoms with van der Waals surface area (Å²) >= 11 is 0. The molecule has 0 aromatic heterocycles. The molecule has 0 aliphatic heterocycles. The highest BCUT2D eigenvalue weighted by molar-refractivity contribution is 5.81. The normalized spacial score (nSPS) is 18.7. The number of alkyl halides is 6. The zero-order chi connectivity index (χ0) is 17.5. The lowest BCUT2D eigenvalue weighted by Crippen LogP contribution is -2.38. The van der Waals surface area contributed by atoms with Gasteiger partial charge in [0.25, 0.3) is 0 Å². The first-order valence-corrected chi connectivity index (χ1v) is 7.00. The lowest BCUT2D eigenvalue weighted by atomic mass is 9.69. The minimum Gasteiger partial charge on any atom is -0.481 e. The van der Waals surface area contributed by atoms with E-state index in [1.54, 1.807) is 0 Å². The van der Waals surface area contributed by atoms with Gasteiger partial charge in [-0.25, -0.2) is 0 Å². The van der Waals surface area contributed by atoms with Crippen molar-refractivity contribution in [1.29, 1.82) is 0 Å². The molecule has 128 valence electrons. The number of benzene rings is 1. The lowest BCUT2D eigenvalue weighted by molar-refractivity contribution is -0.147. The topological polar surface area (TPSA) is 37.3 Å². The molecule has 1 saturated carbocycles. The van der Waals surface area contributed by atoms with E-state index in [0.29, 0.717) is 31.4 Å². The first-order valence-electron chi connectivity index (χ1n) is 7.00. The van der Waals surface area contributed by atoms with Gasteiger partial charge in [0.2, 0.25) is 0 Å². The second-order valence-electron chi connectivity index (χ2n) is 5.74. The number of hydrogen-bond acceptors (Lipinski definition) is 1. The third-order valence-corrected chi connectivity index (χ3v) is 4.26. The second kappa shape index (κ2) is 5.72. The van der Waals surface area contributed by atoms with Gasteiger partial charge in [-0.2, -0.15) is 26.3 Å². The number of aliphatic carboxylic acids is 1. The maximum Gasteiger partial charge on any atom is 0.416 e. The molecule has 0 spiro atoms. The van der Waals surface area contributed by atoms with Crippen LogP contribution >= 0.6 is 0 Å². The van der Waals surface area contributed by atoms with E-state index in [2.05, 4.69) is 0 Å². The van der Waals surface area contributed by atoms with Gasteiger partial charge in [-0.3, -0.25) is 4.79 Å². The maximum absolute atomic E-state index is 12.9. The first-order chi connectivity index (χ1) is 10.5. The minimum absolute atomic E-state index is 0.0158. The van der Waals surface area contributed by atoms with Gasteiger partial charge in [0.05, 0.1) is 16.5 Å². The Balaban J connectivity index is 2.67. The Morgan fingerprint density at radius 2 is 1.30 bits per heavy atom. The fraction of sp³-hybridized carbons (Fsp3) is 0.533. The van der Waals surface area contributed by atoms with Gasteiger partial charge in [0.1, 0.15) is 0 Å². The fourth-order valence-corrected chi connectivity index (χ4v) is 3.01. The summed E-state index contributed by atoms with van der Waals surface area (Å²) in [6.07, 6.45) is -8.30. The molecule has 0 unspecified atom stereocenters. The number of hydrogen-bond donors (Lipinski definition) is 1. The Morgan fingerprint density at radius 1 is 0.870 bits per heavy atom. The number of carboxylic acid groups (broad SMARTS) is 1. The summed E-state index contributed by atoms with van der Waals surface area (Å²) in [7, 11) is 0. The van der Waals surface area contributed by atoms with Gasteiger partial charge in [-0.05, 0) is 36.6 Å². The van der Waals surface area contributed by atoms with Crippen LogP contribution in [0, 0.1) is 0 Å². The predicted molar refractivity (Wildman–Crippen MR) is 68.8 cm³/mol. The lowest BCUT2D eigenvalue weighted by Gasteiger charge is -2.34. The van der Waals surface area contributed by atoms with Crippen molar-refractivity contribution in [2.45, 2.75) is 49.9 Å². The Morgan fingerprint density at radius 3 is 1.65 bits per heavy atom. The van der Waals surface area contributed by atoms with Crippen LogP contribution in [0.3, 0.4) is 0 Å². The monoisotopic (exact) mass is 340 g/mol. The molecule has 0 heterocycles. The zero-order valence-electron chi connectivity index (χ0n) is 11.9. The van der Waals surface area contributed by atoms with Crippen LogP contribution in [0.15, 0.2) is 18.2 Å². The third-order valence-electron chi connectivity index (χ3n) is 4.26. The second-order valence-corrected chi connectivity index (χ2v) is 5.74. The molecule has 0 saturated heterocycles. The third kappa shape index (κ3) is 3.45. The Bertz CT molecular complexity index is 565. The number of rotatable bonds is 2. The molecule has 2 rings (SSSR count). The summed E-state index contributed by atoms with van der Waals surface area (Å²) < 4.78 is 77.5. The quantitative estimate of drug-likeness (QED) is 0.769. The molecule has 1 aromatic carbocycles. The van der Waals surface area contributed by atoms with E-state index < -0.39 is 40.4 Å². The SMILES string of the molecule is O=C(O)C1(c2cc(C(F)(F)F)cc(C(F)(F)F)c2)CCCCC1. The highest BCUT2D eigenvalue weighted by Crippen LogP contribution is 2.44. The smallest absolute Gasteiger partial charge is 0.416 e. The van der Waals surface area contributed by atoms with Crippen molar-refractivity contribution in [3.05, 3.63) is 34.9 Å². The molecule has 8 heteroatoms. The van der Waals surface area contributed by atoms with Crippen molar-refractivity contribution in [3.63, 3.8) is 0 Å². The largest absolute Gasteiger partial charge is 0.481 e. The van der Waals surface area contributed by atoms with E-state index in [9.17, 15) is 36.2 Å². The molecule has 23 heavy (non-hydrogen) atoms. The van der Waals surface area contributed by atoms with Crippen molar-refractivity contribution < 1.29 is 36.2 Å². The molecule has 0 amide bonds. The number of halogens is 6. The summed E-state index contributed by atoms with van der Waals surface area (Å²) in [5, 5.41) is 9.47. The molecule has 0 bridgehead atoms. The molecule has 0 radical (unpaired) electrons. The molecule has 1 aromatic rings. The van der Waals surface area contributed by atoms with E-state index in [4.69, 9.17) is 0 Å². The van der Waals surface area contributed by atoms with Crippen LogP contribution in [0.5, 0.6) is 0 Å². The van der Waals surface area contributed by atoms with Gasteiger partial charge in [0, 0.05) is 0 Å². The van der Waals surface area contributed by atoms with Crippen molar-refractivity contribution >= 4 is 5.97 Å². The van der Waals surface area contributed by atoms with Crippen molar-refractivity contribution in [2.24, 2.45) is 0 Å². The fourth-order valence-electron chi connectivity index (χ4n) is 3.01. The number of carboxylic acids is 1. The van der Waals surface area contributed by atoms with E-state index in [1.807, 2.05) is 0 Å². The van der Waals surface area contributed by atoms with Gasteiger partial charge in [-0.1, -0.05) is 19.3 Å². The van der Waals surface area contributed by atoms with E-state index in [1.165, 1.54) is 0 Å². The first kappa shape index (κ1) is 17.6. The Kier molecular flexibility index (Phi) is 4.38. The summed E-state index contributed by atoms with van der Waals surface area (Å²) in [6.45, 7) is 0. The molecular formula is C15H14F6O2. The number of carbonyl (C=O) groups is 1. The highest BCUT2D eigenvalue weighted by atomic mass is 19.4. The van der Waals surface area contributed by atoms with E-state index in [-0.39, 0.29) is 18.9 Å². The van der Waals surface area contributed by atoms with Crippen LogP contribution in [0.2, 0.25) is 0 Å². The highest BCUT2D eigenvalue weighted by Gasteiger charge is 2.45. The van der Waals surface area contributed by atoms with E-state index >= 15 is 0 Å². The average Bonchev–Trinajstić information content (AvgIpc) is 2.45. The van der Waals surface area contributed by atoms with Gasteiger partial charge in [-0.15, -0.1) is 0 Å². The molecule has 1 fully saturated rings. The van der Waals surface area contributed by atoms with Crippen molar-refractivity contribution in [3.8, 4) is 0 Å². The summed E-state index contributed by atoms with van der Waals surface area (Å²) in [6, 6.07) is 1.09.